The summed E-state index contributed by atoms with van der Waals surface area (Å²) in [6, 6.07) is 5.09. The van der Waals surface area contributed by atoms with Gasteiger partial charge >= 0.3 is 0 Å². The number of nitrogens with two attached hydrogens (primary N) is 1. The molecule has 0 bridgehead atoms. The highest BCUT2D eigenvalue weighted by Crippen LogP contribution is 2.27. The van der Waals surface area contributed by atoms with E-state index >= 15 is 0 Å². The molecule has 1 saturated carbocycles. The number of hydrogen-bond donors (Lipinski definition) is 2. The molecule has 0 radical (unpaired) electrons. The van der Waals surface area contributed by atoms with Gasteiger partial charge in [0.2, 0.25) is 0 Å². The number of oxime groups is 1. The van der Waals surface area contributed by atoms with Crippen molar-refractivity contribution < 1.29 is 9.60 Å². The number of benzene rings is 1. The van der Waals surface area contributed by atoms with Gasteiger partial charge in [0.05, 0.1) is 5.69 Å². The van der Waals surface area contributed by atoms with E-state index in [-0.39, 0.29) is 11.7 Å². The Morgan fingerprint density at radius 3 is 2.50 bits per heavy atom. The van der Waals surface area contributed by atoms with Gasteiger partial charge in [0.15, 0.2) is 5.84 Å². The zero-order valence-electron chi connectivity index (χ0n) is 11.8. The van der Waals surface area contributed by atoms with Crippen molar-refractivity contribution in [3.8, 4) is 0 Å². The lowest BCUT2D eigenvalue weighted by Crippen LogP contribution is -2.31. The fourth-order valence-corrected chi connectivity index (χ4v) is 2.85. The summed E-state index contributed by atoms with van der Waals surface area (Å²) in [5.74, 6) is -0.409. The number of halogens is 1. The first-order valence-electron chi connectivity index (χ1n) is 7.13. The summed E-state index contributed by atoms with van der Waals surface area (Å²) < 4.78 is 14.2. The fraction of sp³-hybridized carbons (Fsp3) is 0.533. The molecule has 1 aromatic rings. The van der Waals surface area contributed by atoms with Gasteiger partial charge in [-0.05, 0) is 31.0 Å². The molecular weight excluding hydrogens is 257 g/mol. The van der Waals surface area contributed by atoms with E-state index in [0.29, 0.717) is 17.3 Å². The molecular formula is C15H22FN3O. The molecule has 4 nitrogen and oxygen atoms in total. The van der Waals surface area contributed by atoms with E-state index in [1.54, 1.807) is 12.1 Å². The predicted molar refractivity (Wildman–Crippen MR) is 78.8 cm³/mol. The van der Waals surface area contributed by atoms with E-state index in [1.807, 2.05) is 11.9 Å². The molecule has 20 heavy (non-hydrogen) atoms. The van der Waals surface area contributed by atoms with Crippen LogP contribution < -0.4 is 10.6 Å². The number of hydrogen-bond acceptors (Lipinski definition) is 3. The van der Waals surface area contributed by atoms with Crippen molar-refractivity contribution in [3.63, 3.8) is 0 Å². The Bertz CT molecular complexity index is 482. The minimum Gasteiger partial charge on any atom is -0.409 e. The third-order valence-electron chi connectivity index (χ3n) is 4.10. The smallest absolute Gasteiger partial charge is 0.170 e. The molecule has 0 aromatic heterocycles. The van der Waals surface area contributed by atoms with Gasteiger partial charge in [-0.15, -0.1) is 0 Å². The Labute approximate surface area is 119 Å². The van der Waals surface area contributed by atoms with E-state index in [0.717, 1.165) is 12.8 Å². The molecule has 1 aromatic carbocycles. The Balaban J connectivity index is 2.19. The largest absolute Gasteiger partial charge is 0.409 e. The quantitative estimate of drug-likeness (QED) is 0.294. The Hall–Kier alpha value is -1.78. The molecule has 2 rings (SSSR count). The van der Waals surface area contributed by atoms with Crippen LogP contribution in [0.2, 0.25) is 0 Å². The molecule has 0 spiro atoms. The second-order valence-electron chi connectivity index (χ2n) is 5.41. The minimum absolute atomic E-state index is 0.0763. The van der Waals surface area contributed by atoms with Crippen molar-refractivity contribution in [2.24, 2.45) is 10.9 Å². The van der Waals surface area contributed by atoms with E-state index in [2.05, 4.69) is 5.16 Å². The molecule has 3 N–H and O–H groups in total. The SMILES string of the molecule is CN(c1ccc(/C(N)=N/O)cc1F)C1CCCCCC1. The van der Waals surface area contributed by atoms with Gasteiger partial charge in [-0.1, -0.05) is 30.8 Å². The van der Waals surface area contributed by atoms with Gasteiger partial charge < -0.3 is 15.8 Å². The van der Waals surface area contributed by atoms with Crippen molar-refractivity contribution >= 4 is 11.5 Å². The molecule has 0 amide bonds. The molecule has 5 heteroatoms. The maximum absolute atomic E-state index is 14.2. The maximum Gasteiger partial charge on any atom is 0.170 e. The average molecular weight is 279 g/mol. The standard InChI is InChI=1S/C15H22FN3O/c1-19(12-6-4-2-3-5-7-12)14-9-8-11(10-13(14)16)15(17)18-20/h8-10,12,20H,2-7H2,1H3,(H2,17,18). The van der Waals surface area contributed by atoms with Crippen molar-refractivity contribution in [2.45, 2.75) is 44.6 Å². The lowest BCUT2D eigenvalue weighted by Gasteiger charge is -2.29. The number of amidine groups is 1. The Morgan fingerprint density at radius 2 is 1.95 bits per heavy atom. The van der Waals surface area contributed by atoms with Gasteiger partial charge in [-0.2, -0.15) is 0 Å². The molecule has 1 aliphatic carbocycles. The number of anilines is 1. The molecule has 110 valence electrons. The van der Waals surface area contributed by atoms with Gasteiger partial charge in [0.1, 0.15) is 5.82 Å². The van der Waals surface area contributed by atoms with Crippen LogP contribution in [0.3, 0.4) is 0 Å². The van der Waals surface area contributed by atoms with Crippen LogP contribution in [0.5, 0.6) is 0 Å². The first kappa shape index (κ1) is 14.6. The van der Waals surface area contributed by atoms with Crippen LogP contribution in [0.1, 0.15) is 44.1 Å². The Morgan fingerprint density at radius 1 is 1.30 bits per heavy atom. The third kappa shape index (κ3) is 3.21. The zero-order chi connectivity index (χ0) is 14.5. The summed E-state index contributed by atoms with van der Waals surface area (Å²) in [4.78, 5) is 2.02. The number of rotatable bonds is 3. The normalized spacial score (nSPS) is 17.8. The molecule has 0 unspecified atom stereocenters. The van der Waals surface area contributed by atoms with Crippen LogP contribution in [0.25, 0.3) is 0 Å². The highest BCUT2D eigenvalue weighted by molar-refractivity contribution is 5.97. The number of nitrogens with zero attached hydrogens (tertiary/aromatic N) is 2. The van der Waals surface area contributed by atoms with Gasteiger partial charge in [0.25, 0.3) is 0 Å². The second kappa shape index (κ2) is 6.59. The van der Waals surface area contributed by atoms with Crippen molar-refractivity contribution in [1.82, 2.24) is 0 Å². The van der Waals surface area contributed by atoms with Crippen molar-refractivity contribution in [2.75, 3.05) is 11.9 Å². The minimum atomic E-state index is -0.333. The van der Waals surface area contributed by atoms with Gasteiger partial charge in [-0.25, -0.2) is 4.39 Å². The first-order valence-corrected chi connectivity index (χ1v) is 7.13. The molecule has 1 aliphatic rings. The average Bonchev–Trinajstić information content (AvgIpc) is 2.74. The van der Waals surface area contributed by atoms with E-state index in [4.69, 9.17) is 10.9 Å². The van der Waals surface area contributed by atoms with Crippen LogP contribution in [0, 0.1) is 5.82 Å². The highest BCUT2D eigenvalue weighted by Gasteiger charge is 2.20. The Kier molecular flexibility index (Phi) is 4.82. The second-order valence-corrected chi connectivity index (χ2v) is 5.41. The summed E-state index contributed by atoms with van der Waals surface area (Å²) in [5, 5.41) is 11.5. The lowest BCUT2D eigenvalue weighted by atomic mass is 10.1. The van der Waals surface area contributed by atoms with Crippen LogP contribution in [-0.2, 0) is 0 Å². The van der Waals surface area contributed by atoms with Gasteiger partial charge in [-0.3, -0.25) is 0 Å². The summed E-state index contributed by atoms with van der Waals surface area (Å²) >= 11 is 0. The molecule has 1 fully saturated rings. The zero-order valence-corrected chi connectivity index (χ0v) is 11.8. The summed E-state index contributed by atoms with van der Waals surface area (Å²) in [7, 11) is 1.94. The predicted octanol–water partition coefficient (Wildman–Crippen LogP) is 3.08. The maximum atomic E-state index is 14.2. The van der Waals surface area contributed by atoms with Crippen molar-refractivity contribution in [3.05, 3.63) is 29.6 Å². The molecule has 0 heterocycles. The molecule has 0 atom stereocenters. The van der Waals surface area contributed by atoms with E-state index in [1.165, 1.54) is 31.7 Å². The molecule has 0 saturated heterocycles. The highest BCUT2D eigenvalue weighted by atomic mass is 19.1. The van der Waals surface area contributed by atoms with Crippen LogP contribution in [0.15, 0.2) is 23.4 Å². The summed E-state index contributed by atoms with van der Waals surface area (Å²) in [6.07, 6.45) is 7.18. The van der Waals surface area contributed by atoms with E-state index in [9.17, 15) is 4.39 Å². The van der Waals surface area contributed by atoms with E-state index < -0.39 is 0 Å². The summed E-state index contributed by atoms with van der Waals surface area (Å²) in [5.41, 5.74) is 6.44. The third-order valence-corrected chi connectivity index (χ3v) is 4.10. The first-order chi connectivity index (χ1) is 9.63. The fourth-order valence-electron chi connectivity index (χ4n) is 2.85. The lowest BCUT2D eigenvalue weighted by molar-refractivity contribution is 0.318. The van der Waals surface area contributed by atoms with Crippen molar-refractivity contribution in [1.29, 1.82) is 0 Å². The van der Waals surface area contributed by atoms with Crippen LogP contribution in [-0.4, -0.2) is 24.1 Å². The summed E-state index contributed by atoms with van der Waals surface area (Å²) in [6.45, 7) is 0. The van der Waals surface area contributed by atoms with Gasteiger partial charge in [0, 0.05) is 18.7 Å². The monoisotopic (exact) mass is 279 g/mol. The molecule has 0 aliphatic heterocycles. The van der Waals surface area contributed by atoms with Crippen LogP contribution in [0.4, 0.5) is 10.1 Å². The topological polar surface area (TPSA) is 61.8 Å². The van der Waals surface area contributed by atoms with Crippen LogP contribution >= 0.6 is 0 Å².